The predicted octanol–water partition coefficient (Wildman–Crippen LogP) is -0.218. The quantitative estimate of drug-likeness (QED) is 0.668. The maximum atomic E-state index is 12.4. The summed E-state index contributed by atoms with van der Waals surface area (Å²) in [5, 5.41) is 19.1. The van der Waals surface area contributed by atoms with Gasteiger partial charge in [-0.05, 0) is 25.5 Å². The number of sulfonamides is 1. The lowest BCUT2D eigenvalue weighted by Crippen LogP contribution is -2.48. The summed E-state index contributed by atoms with van der Waals surface area (Å²) in [6, 6.07) is 6.19. The van der Waals surface area contributed by atoms with E-state index in [0.717, 1.165) is 5.56 Å². The van der Waals surface area contributed by atoms with Crippen molar-refractivity contribution in [3.05, 3.63) is 29.8 Å². The number of aryl methyl sites for hydroxylation is 1. The summed E-state index contributed by atoms with van der Waals surface area (Å²) in [5.41, 5.74) is 0.987. The molecule has 6 nitrogen and oxygen atoms in total. The molecule has 21 heavy (non-hydrogen) atoms. The van der Waals surface area contributed by atoms with Gasteiger partial charge in [0.05, 0.1) is 17.0 Å². The molecular formula is C14H19NO5S. The normalized spacial score (nSPS) is 35.3. The number of hydrogen-bond acceptors (Lipinski definition) is 5. The highest BCUT2D eigenvalue weighted by Gasteiger charge is 2.56. The minimum absolute atomic E-state index is 0.184. The second-order valence-corrected chi connectivity index (χ2v) is 7.49. The Morgan fingerprint density at radius 3 is 2.57 bits per heavy atom. The molecule has 1 aromatic carbocycles. The molecule has 0 amide bonds. The van der Waals surface area contributed by atoms with Crippen LogP contribution < -0.4 is 4.72 Å². The van der Waals surface area contributed by atoms with Gasteiger partial charge in [0.1, 0.15) is 12.2 Å². The van der Waals surface area contributed by atoms with Crippen LogP contribution in [0.1, 0.15) is 12.0 Å². The molecule has 0 spiro atoms. The van der Waals surface area contributed by atoms with Gasteiger partial charge in [-0.15, -0.1) is 0 Å². The van der Waals surface area contributed by atoms with Crippen molar-refractivity contribution in [2.75, 3.05) is 6.61 Å². The summed E-state index contributed by atoms with van der Waals surface area (Å²) in [6.45, 7) is 1.71. The number of aliphatic hydroxyl groups excluding tert-OH is 2. The molecule has 2 aliphatic rings. The average molecular weight is 313 g/mol. The maximum absolute atomic E-state index is 12.4. The molecule has 116 valence electrons. The Morgan fingerprint density at radius 2 is 1.95 bits per heavy atom. The molecule has 2 fully saturated rings. The van der Waals surface area contributed by atoms with Crippen LogP contribution in [-0.2, 0) is 14.8 Å². The van der Waals surface area contributed by atoms with Gasteiger partial charge >= 0.3 is 0 Å². The van der Waals surface area contributed by atoms with Gasteiger partial charge in [-0.1, -0.05) is 17.7 Å². The van der Waals surface area contributed by atoms with Crippen molar-refractivity contribution in [3.63, 3.8) is 0 Å². The molecule has 0 aromatic heterocycles. The predicted molar refractivity (Wildman–Crippen MR) is 75.1 cm³/mol. The zero-order chi connectivity index (χ0) is 15.2. The van der Waals surface area contributed by atoms with E-state index in [-0.39, 0.29) is 29.6 Å². The van der Waals surface area contributed by atoms with Gasteiger partial charge in [-0.2, -0.15) is 0 Å². The maximum Gasteiger partial charge on any atom is 0.240 e. The Bertz CT molecular complexity index is 615. The lowest BCUT2D eigenvalue weighted by atomic mass is 9.84. The zero-order valence-electron chi connectivity index (χ0n) is 11.6. The molecule has 1 aliphatic carbocycles. The van der Waals surface area contributed by atoms with Crippen molar-refractivity contribution in [2.45, 2.75) is 42.6 Å². The first kappa shape index (κ1) is 14.9. The number of nitrogens with one attached hydrogen (secondary N) is 1. The highest BCUT2D eigenvalue weighted by Crippen LogP contribution is 2.40. The molecule has 1 saturated heterocycles. The van der Waals surface area contributed by atoms with Gasteiger partial charge in [-0.25, -0.2) is 13.1 Å². The summed E-state index contributed by atoms with van der Waals surface area (Å²) in [5.74, 6) is -0.362. The zero-order valence-corrected chi connectivity index (χ0v) is 12.5. The van der Waals surface area contributed by atoms with Gasteiger partial charge in [-0.3, -0.25) is 0 Å². The lowest BCUT2D eigenvalue weighted by molar-refractivity contribution is 0.0337. The van der Waals surface area contributed by atoms with E-state index in [4.69, 9.17) is 4.74 Å². The summed E-state index contributed by atoms with van der Waals surface area (Å²) in [4.78, 5) is 0.206. The Balaban J connectivity index is 1.75. The Morgan fingerprint density at radius 1 is 1.29 bits per heavy atom. The van der Waals surface area contributed by atoms with E-state index in [2.05, 4.69) is 4.72 Å². The van der Waals surface area contributed by atoms with Crippen LogP contribution in [0.3, 0.4) is 0 Å². The van der Waals surface area contributed by atoms with Gasteiger partial charge in [0.15, 0.2) is 0 Å². The van der Waals surface area contributed by atoms with Crippen molar-refractivity contribution in [1.82, 2.24) is 4.72 Å². The Kier molecular flexibility index (Phi) is 3.79. The number of ether oxygens (including phenoxy) is 1. The SMILES string of the molecule is Cc1ccc(S(=O)(=O)N[C@H]2C[C@H](CO)[C@@H](O)[C@H]3O[C@H]32)cc1. The van der Waals surface area contributed by atoms with E-state index < -0.39 is 22.2 Å². The number of fused-ring (bicyclic) bond motifs is 1. The minimum Gasteiger partial charge on any atom is -0.396 e. The molecule has 0 unspecified atom stereocenters. The largest absolute Gasteiger partial charge is 0.396 e. The van der Waals surface area contributed by atoms with E-state index in [1.807, 2.05) is 6.92 Å². The monoisotopic (exact) mass is 313 g/mol. The summed E-state index contributed by atoms with van der Waals surface area (Å²) in [6.07, 6.45) is -1.03. The van der Waals surface area contributed by atoms with Crippen LogP contribution in [-0.4, -0.2) is 49.6 Å². The number of benzene rings is 1. The highest BCUT2D eigenvalue weighted by atomic mass is 32.2. The van der Waals surface area contributed by atoms with Gasteiger partial charge in [0, 0.05) is 12.5 Å². The van der Waals surface area contributed by atoms with Gasteiger partial charge in [0.2, 0.25) is 10.0 Å². The smallest absolute Gasteiger partial charge is 0.240 e. The first-order chi connectivity index (χ1) is 9.92. The fourth-order valence-electron chi connectivity index (χ4n) is 2.89. The second-order valence-electron chi connectivity index (χ2n) is 5.78. The second kappa shape index (κ2) is 5.33. The third-order valence-corrected chi connectivity index (χ3v) is 5.71. The minimum atomic E-state index is -3.63. The van der Waals surface area contributed by atoms with Crippen molar-refractivity contribution in [3.8, 4) is 0 Å². The third-order valence-electron chi connectivity index (χ3n) is 4.21. The number of rotatable bonds is 4. The van der Waals surface area contributed by atoms with Crippen LogP contribution in [0.4, 0.5) is 0 Å². The Hall–Kier alpha value is -0.990. The average Bonchev–Trinajstić information content (AvgIpc) is 3.23. The third kappa shape index (κ3) is 2.84. The molecule has 1 aromatic rings. The van der Waals surface area contributed by atoms with Crippen molar-refractivity contribution in [1.29, 1.82) is 0 Å². The van der Waals surface area contributed by atoms with Crippen LogP contribution in [0.5, 0.6) is 0 Å². The van der Waals surface area contributed by atoms with Crippen LogP contribution in [0.15, 0.2) is 29.2 Å². The molecule has 1 heterocycles. The molecule has 1 saturated carbocycles. The van der Waals surface area contributed by atoms with Crippen LogP contribution in [0.2, 0.25) is 0 Å². The lowest BCUT2D eigenvalue weighted by Gasteiger charge is -2.29. The molecular weight excluding hydrogens is 294 g/mol. The molecule has 5 atom stereocenters. The van der Waals surface area contributed by atoms with Crippen molar-refractivity contribution < 1.29 is 23.4 Å². The summed E-state index contributed by atoms with van der Waals surface area (Å²) in [7, 11) is -3.63. The van der Waals surface area contributed by atoms with E-state index in [1.54, 1.807) is 24.3 Å². The number of aliphatic hydroxyl groups is 2. The summed E-state index contributed by atoms with van der Waals surface area (Å²) < 4.78 is 32.7. The highest BCUT2D eigenvalue weighted by molar-refractivity contribution is 7.89. The first-order valence-electron chi connectivity index (χ1n) is 6.96. The standard InChI is InChI=1S/C14H19NO5S/c1-8-2-4-10(5-3-8)21(18,19)15-11-6-9(7-16)12(17)14-13(11)20-14/h2-5,9,11-17H,6-7H2,1H3/t9-,11+,12-,13+,14-/m1/s1. The van der Waals surface area contributed by atoms with Gasteiger partial charge < -0.3 is 14.9 Å². The topological polar surface area (TPSA) is 99.2 Å². The van der Waals surface area contributed by atoms with E-state index in [0.29, 0.717) is 6.42 Å². The van der Waals surface area contributed by atoms with Crippen molar-refractivity contribution in [2.24, 2.45) is 5.92 Å². The fraction of sp³-hybridized carbons (Fsp3) is 0.571. The molecule has 3 N–H and O–H groups in total. The van der Waals surface area contributed by atoms with E-state index in [9.17, 15) is 18.6 Å². The van der Waals surface area contributed by atoms with Crippen LogP contribution in [0, 0.1) is 12.8 Å². The van der Waals surface area contributed by atoms with E-state index >= 15 is 0 Å². The molecule has 1 aliphatic heterocycles. The van der Waals surface area contributed by atoms with Crippen molar-refractivity contribution >= 4 is 10.0 Å². The number of hydrogen-bond donors (Lipinski definition) is 3. The Labute approximate surface area is 123 Å². The molecule has 7 heteroatoms. The van der Waals surface area contributed by atoms with Gasteiger partial charge in [0.25, 0.3) is 0 Å². The summed E-state index contributed by atoms with van der Waals surface area (Å²) >= 11 is 0. The molecule has 0 radical (unpaired) electrons. The fourth-order valence-corrected chi connectivity index (χ4v) is 4.14. The van der Waals surface area contributed by atoms with E-state index in [1.165, 1.54) is 0 Å². The first-order valence-corrected chi connectivity index (χ1v) is 8.44. The molecule has 3 rings (SSSR count). The number of epoxide rings is 1. The van der Waals surface area contributed by atoms with Crippen LogP contribution in [0.25, 0.3) is 0 Å². The molecule has 0 bridgehead atoms. The van der Waals surface area contributed by atoms with Crippen LogP contribution >= 0.6 is 0 Å².